The standard InChI is InChI=1S/C44H67N7O11S3/c45-44(60)32(25-31-18-20-35(52)21-19-31)26-37(53)33-27-38(54)34(30-64-63-29-33)28-39(55)36(22-23-43(58)59)46-41(56)17-14-24-65(61,62)49-42(57)16-13-11-9-7-5-3-1-2-4-6-8-10-12-15-40-47-50-51-48-40/h18-21,32-34,36,52H,1-17,22-30H2,(H2,45,60)(H,46,56)(H,49,57)(H,58,59)(H,47,48,50,51)/t32-,33+,34+,36+/m1/s1. The molecule has 362 valence electrons. The van der Waals surface area contributed by atoms with Crippen molar-refractivity contribution in [1.82, 2.24) is 30.7 Å². The third-order valence-corrected chi connectivity index (χ3v) is 15.3. The molecular formula is C44H67N7O11S3. The molecule has 0 saturated carbocycles. The number of nitrogens with two attached hydrogens (primary N) is 1. The zero-order valence-electron chi connectivity index (χ0n) is 37.2. The number of phenols is 1. The number of amides is 3. The Kier molecular flexibility index (Phi) is 26.0. The molecular weight excluding hydrogens is 899 g/mol. The van der Waals surface area contributed by atoms with Gasteiger partial charge in [0.2, 0.25) is 27.7 Å². The highest BCUT2D eigenvalue weighted by Crippen LogP contribution is 2.34. The molecule has 1 fully saturated rings. The van der Waals surface area contributed by atoms with E-state index >= 15 is 0 Å². The van der Waals surface area contributed by atoms with E-state index in [2.05, 4.69) is 30.7 Å². The van der Waals surface area contributed by atoms with E-state index in [1.165, 1.54) is 78.7 Å². The molecule has 1 aromatic heterocycles. The fourth-order valence-corrected chi connectivity index (χ4v) is 11.3. The predicted octanol–water partition coefficient (Wildman–Crippen LogP) is 5.33. The highest BCUT2D eigenvalue weighted by molar-refractivity contribution is 8.76. The fraction of sp³-hybridized carbons (Fsp3) is 0.682. The summed E-state index contributed by atoms with van der Waals surface area (Å²) in [7, 11) is -1.35. The average Bonchev–Trinajstić information content (AvgIpc) is 3.77. The van der Waals surface area contributed by atoms with Crippen LogP contribution in [0.2, 0.25) is 0 Å². The monoisotopic (exact) mass is 965 g/mol. The average molecular weight is 966 g/mol. The van der Waals surface area contributed by atoms with Gasteiger partial charge in [0, 0.05) is 74.2 Å². The number of aryl methyl sites for hydroxylation is 1. The summed E-state index contributed by atoms with van der Waals surface area (Å²) in [6, 6.07) is 4.93. The Hall–Kier alpha value is -4.37. The number of carboxylic acid groups (broad SMARTS) is 1. The van der Waals surface area contributed by atoms with E-state index in [4.69, 9.17) is 5.73 Å². The molecule has 0 aliphatic carbocycles. The number of tetrazole rings is 1. The van der Waals surface area contributed by atoms with Gasteiger partial charge in [0.1, 0.15) is 23.1 Å². The third-order valence-electron chi connectivity index (χ3n) is 11.4. The number of aromatic hydroxyl groups is 1. The number of unbranched alkanes of at least 4 members (excludes halogenated alkanes) is 12. The van der Waals surface area contributed by atoms with Crippen LogP contribution in [0.5, 0.6) is 5.75 Å². The number of nitrogens with one attached hydrogen (secondary N) is 3. The Bertz CT molecular complexity index is 1920. The summed E-state index contributed by atoms with van der Waals surface area (Å²) in [4.78, 5) is 89.2. The van der Waals surface area contributed by atoms with Crippen molar-refractivity contribution in [2.45, 2.75) is 154 Å². The molecule has 4 atom stereocenters. The van der Waals surface area contributed by atoms with Crippen molar-refractivity contribution in [1.29, 1.82) is 0 Å². The minimum Gasteiger partial charge on any atom is -0.508 e. The first-order valence-electron chi connectivity index (χ1n) is 22.8. The van der Waals surface area contributed by atoms with E-state index in [-0.39, 0.29) is 74.4 Å². The molecule has 1 aromatic carbocycles. The SMILES string of the molecule is NC(=O)[C@@H](CC(=O)[C@@H]1CSSC[C@H](CC(=O)[C@H](CCC(=O)O)NC(=O)CCCS(=O)(=O)NC(=O)CCCCCCCCCCCCCCCc2nnn[nH]2)C(=O)C1)Cc1ccc(O)cc1. The number of H-pyrrole nitrogens is 1. The van der Waals surface area contributed by atoms with E-state index in [9.17, 15) is 52.2 Å². The number of Topliss-reactive ketones (excluding diaryl/α,β-unsaturated/α-hetero) is 3. The summed E-state index contributed by atoms with van der Waals surface area (Å²) in [5.74, 6) is -5.84. The number of benzene rings is 1. The van der Waals surface area contributed by atoms with Gasteiger partial charge in [-0.1, -0.05) is 104 Å². The molecule has 7 N–H and O–H groups in total. The lowest BCUT2D eigenvalue weighted by molar-refractivity contribution is -0.138. The van der Waals surface area contributed by atoms with Crippen molar-refractivity contribution < 1.29 is 52.2 Å². The van der Waals surface area contributed by atoms with Crippen LogP contribution in [-0.4, -0.2) is 104 Å². The lowest BCUT2D eigenvalue weighted by Crippen LogP contribution is -2.43. The molecule has 0 spiro atoms. The van der Waals surface area contributed by atoms with E-state index in [1.54, 1.807) is 12.1 Å². The second-order valence-corrected chi connectivity index (χ2v) is 21.3. The molecule has 1 aliphatic heterocycles. The van der Waals surface area contributed by atoms with Gasteiger partial charge in [-0.25, -0.2) is 13.5 Å². The van der Waals surface area contributed by atoms with E-state index in [1.807, 2.05) is 0 Å². The summed E-state index contributed by atoms with van der Waals surface area (Å²) < 4.78 is 27.2. The number of nitrogens with zero attached hydrogens (tertiary/aromatic N) is 3. The summed E-state index contributed by atoms with van der Waals surface area (Å²) in [5.41, 5.74) is 6.31. The Morgan fingerprint density at radius 3 is 2.02 bits per heavy atom. The molecule has 18 nitrogen and oxygen atoms in total. The van der Waals surface area contributed by atoms with Crippen LogP contribution < -0.4 is 15.8 Å². The van der Waals surface area contributed by atoms with Crippen LogP contribution >= 0.6 is 21.6 Å². The second kappa shape index (κ2) is 30.8. The smallest absolute Gasteiger partial charge is 0.303 e. The largest absolute Gasteiger partial charge is 0.508 e. The van der Waals surface area contributed by atoms with Crippen molar-refractivity contribution in [2.24, 2.45) is 23.5 Å². The minimum atomic E-state index is -4.02. The van der Waals surface area contributed by atoms with Crippen LogP contribution in [-0.2, 0) is 56.4 Å². The fourth-order valence-electron chi connectivity index (χ4n) is 7.54. The van der Waals surface area contributed by atoms with E-state index < -0.39 is 75.5 Å². The molecule has 0 unspecified atom stereocenters. The number of aromatic nitrogens is 4. The van der Waals surface area contributed by atoms with Gasteiger partial charge in [-0.3, -0.25) is 38.3 Å². The van der Waals surface area contributed by atoms with Crippen LogP contribution in [0.25, 0.3) is 0 Å². The topological polar surface area (TPSA) is 299 Å². The van der Waals surface area contributed by atoms with Crippen molar-refractivity contribution in [3.8, 4) is 5.75 Å². The second-order valence-electron chi connectivity index (χ2n) is 16.9. The number of rotatable bonds is 34. The van der Waals surface area contributed by atoms with Crippen LogP contribution in [0, 0.1) is 17.8 Å². The van der Waals surface area contributed by atoms with Crippen molar-refractivity contribution in [3.05, 3.63) is 35.7 Å². The minimum absolute atomic E-state index is 0.0509. The Balaban J connectivity index is 1.32. The van der Waals surface area contributed by atoms with Gasteiger partial charge in [-0.2, -0.15) is 0 Å². The van der Waals surface area contributed by atoms with Crippen LogP contribution in [0.1, 0.15) is 146 Å². The van der Waals surface area contributed by atoms with Gasteiger partial charge in [0.25, 0.3) is 0 Å². The van der Waals surface area contributed by atoms with Crippen molar-refractivity contribution >= 4 is 72.7 Å². The van der Waals surface area contributed by atoms with Crippen molar-refractivity contribution in [3.63, 3.8) is 0 Å². The molecule has 21 heteroatoms. The molecule has 3 amide bonds. The summed E-state index contributed by atoms with van der Waals surface area (Å²) >= 11 is 0. The van der Waals surface area contributed by atoms with Gasteiger partial charge in [0.15, 0.2) is 5.78 Å². The first kappa shape index (κ1) is 55.0. The zero-order chi connectivity index (χ0) is 47.5. The number of hydrogen-bond acceptors (Lipinski definition) is 15. The normalized spacial score (nSPS) is 16.5. The highest BCUT2D eigenvalue weighted by atomic mass is 33.1. The number of primary amides is 1. The Morgan fingerprint density at radius 2 is 1.42 bits per heavy atom. The molecule has 0 bridgehead atoms. The third kappa shape index (κ3) is 24.1. The van der Waals surface area contributed by atoms with Gasteiger partial charge >= 0.3 is 5.97 Å². The molecule has 3 rings (SSSR count). The molecule has 2 heterocycles. The molecule has 1 aliphatic rings. The molecule has 65 heavy (non-hydrogen) atoms. The summed E-state index contributed by atoms with van der Waals surface area (Å²) in [5, 5.41) is 35.2. The lowest BCUT2D eigenvalue weighted by Gasteiger charge is -2.25. The number of carbonyl (C=O) groups excluding carboxylic acids is 6. The molecule has 2 aromatic rings. The maximum absolute atomic E-state index is 13.5. The quantitative estimate of drug-likeness (QED) is 0.0381. The van der Waals surface area contributed by atoms with Gasteiger partial charge in [-0.15, -0.1) is 5.10 Å². The molecule has 0 radical (unpaired) electrons. The number of carboxylic acids is 1. The first-order valence-corrected chi connectivity index (χ1v) is 26.9. The number of hydrogen-bond donors (Lipinski definition) is 6. The van der Waals surface area contributed by atoms with Gasteiger partial charge in [-0.05, 0) is 60.2 Å². The van der Waals surface area contributed by atoms with Crippen LogP contribution in [0.4, 0.5) is 0 Å². The van der Waals surface area contributed by atoms with Crippen LogP contribution in [0.15, 0.2) is 24.3 Å². The van der Waals surface area contributed by atoms with E-state index in [0.29, 0.717) is 17.7 Å². The predicted molar refractivity (Wildman–Crippen MR) is 248 cm³/mol. The summed E-state index contributed by atoms with van der Waals surface area (Å²) in [6.45, 7) is 0. The number of ketones is 3. The number of sulfonamides is 1. The number of phenolic OH excluding ortho intramolecular Hbond substituents is 1. The Labute approximate surface area is 389 Å². The van der Waals surface area contributed by atoms with E-state index in [0.717, 1.165) is 44.3 Å². The van der Waals surface area contributed by atoms with Gasteiger partial charge < -0.3 is 21.3 Å². The van der Waals surface area contributed by atoms with Crippen LogP contribution in [0.3, 0.4) is 0 Å². The molecule has 1 saturated heterocycles. The zero-order valence-corrected chi connectivity index (χ0v) is 39.7. The summed E-state index contributed by atoms with van der Waals surface area (Å²) in [6.07, 6.45) is 13.4. The van der Waals surface area contributed by atoms with Gasteiger partial charge in [0.05, 0.1) is 11.8 Å². The van der Waals surface area contributed by atoms with Crippen molar-refractivity contribution in [2.75, 3.05) is 17.3 Å². The number of aliphatic carboxylic acids is 1. The maximum atomic E-state index is 13.5. The first-order chi connectivity index (χ1) is 31.1. The number of carbonyl (C=O) groups is 7. The number of aromatic amines is 1. The highest BCUT2D eigenvalue weighted by Gasteiger charge is 2.34. The maximum Gasteiger partial charge on any atom is 0.303 e. The lowest BCUT2D eigenvalue weighted by atomic mass is 9.85. The Morgan fingerprint density at radius 1 is 0.815 bits per heavy atom.